The van der Waals surface area contributed by atoms with Crippen molar-refractivity contribution < 1.29 is 33.0 Å². The standard InChI is InChI=1S/C17H22F3N3O2.CH2O2/c1-22(2)13-5-11-8-23(9-12(11)6-14(13)24)16(25)10-3-4-21-15(7-10)17(18,19)20;2-1-3/h3-4,7,11-14,24H,5-6,8-9H2,1-2H3;1H,(H,2,3)/t11-,12+,13-,14-;/m1./s1. The van der Waals surface area contributed by atoms with E-state index in [1.165, 1.54) is 6.07 Å². The second-order valence-electron chi connectivity index (χ2n) is 7.33. The molecule has 2 heterocycles. The molecule has 0 aromatic carbocycles. The number of alkyl halides is 3. The van der Waals surface area contributed by atoms with E-state index in [4.69, 9.17) is 9.90 Å². The van der Waals surface area contributed by atoms with E-state index in [1.807, 2.05) is 19.0 Å². The van der Waals surface area contributed by atoms with Gasteiger partial charge in [-0.2, -0.15) is 13.2 Å². The van der Waals surface area contributed by atoms with Crippen molar-refractivity contribution in [3.05, 3.63) is 29.6 Å². The zero-order valence-corrected chi connectivity index (χ0v) is 15.6. The molecule has 0 bridgehead atoms. The van der Waals surface area contributed by atoms with E-state index in [0.717, 1.165) is 18.7 Å². The van der Waals surface area contributed by atoms with Crippen LogP contribution in [0.5, 0.6) is 0 Å². The smallest absolute Gasteiger partial charge is 0.433 e. The van der Waals surface area contributed by atoms with E-state index in [0.29, 0.717) is 19.5 Å². The minimum absolute atomic E-state index is 0.00526. The largest absolute Gasteiger partial charge is 0.483 e. The van der Waals surface area contributed by atoms with Gasteiger partial charge in [0.1, 0.15) is 5.69 Å². The number of likely N-dealkylation sites (tertiary alicyclic amines) is 1. The maximum absolute atomic E-state index is 12.8. The van der Waals surface area contributed by atoms with Crippen molar-refractivity contribution in [2.45, 2.75) is 31.2 Å². The van der Waals surface area contributed by atoms with Crippen LogP contribution in [0.3, 0.4) is 0 Å². The molecule has 2 aliphatic rings. The number of nitrogens with zero attached hydrogens (tertiary/aromatic N) is 3. The second kappa shape index (κ2) is 8.87. The molecule has 3 rings (SSSR count). The fraction of sp³-hybridized carbons (Fsp3) is 0.611. The summed E-state index contributed by atoms with van der Waals surface area (Å²) in [7, 11) is 3.84. The van der Waals surface area contributed by atoms with Crippen molar-refractivity contribution in [1.29, 1.82) is 0 Å². The molecule has 0 unspecified atom stereocenters. The van der Waals surface area contributed by atoms with Gasteiger partial charge < -0.3 is 20.0 Å². The Morgan fingerprint density at radius 3 is 2.39 bits per heavy atom. The van der Waals surface area contributed by atoms with Gasteiger partial charge in [-0.1, -0.05) is 0 Å². The predicted octanol–water partition coefficient (Wildman–Crippen LogP) is 1.57. The molecule has 2 fully saturated rings. The SMILES string of the molecule is CN(C)[C@@H]1C[C@@H]2CN(C(=O)c3ccnc(C(F)(F)F)c3)C[C@@H]2C[C@H]1O.O=CO. The lowest BCUT2D eigenvalue weighted by molar-refractivity contribution is -0.141. The lowest BCUT2D eigenvalue weighted by atomic mass is 9.77. The minimum Gasteiger partial charge on any atom is -0.483 e. The van der Waals surface area contributed by atoms with E-state index < -0.39 is 23.9 Å². The molecule has 1 saturated heterocycles. The van der Waals surface area contributed by atoms with Gasteiger partial charge in [0.15, 0.2) is 0 Å². The van der Waals surface area contributed by atoms with E-state index in [-0.39, 0.29) is 29.9 Å². The third-order valence-electron chi connectivity index (χ3n) is 5.36. The molecule has 156 valence electrons. The van der Waals surface area contributed by atoms with Crippen LogP contribution in [0.1, 0.15) is 28.9 Å². The van der Waals surface area contributed by atoms with Crippen LogP contribution in [0.4, 0.5) is 13.2 Å². The van der Waals surface area contributed by atoms with Gasteiger partial charge in [-0.3, -0.25) is 14.6 Å². The van der Waals surface area contributed by atoms with Gasteiger partial charge in [0.05, 0.1) is 6.10 Å². The molecule has 1 aliphatic heterocycles. The topological polar surface area (TPSA) is 94.0 Å². The quantitative estimate of drug-likeness (QED) is 0.729. The van der Waals surface area contributed by atoms with Crippen molar-refractivity contribution in [1.82, 2.24) is 14.8 Å². The van der Waals surface area contributed by atoms with Gasteiger partial charge >= 0.3 is 6.18 Å². The van der Waals surface area contributed by atoms with Crippen LogP contribution in [0.2, 0.25) is 0 Å². The summed E-state index contributed by atoms with van der Waals surface area (Å²) in [6.45, 7) is 0.745. The Hall–Kier alpha value is -2.20. The number of aliphatic hydroxyl groups is 1. The first kappa shape index (κ1) is 22.1. The van der Waals surface area contributed by atoms with Gasteiger partial charge in [0.2, 0.25) is 0 Å². The number of hydrogen-bond acceptors (Lipinski definition) is 5. The van der Waals surface area contributed by atoms with Crippen LogP contribution >= 0.6 is 0 Å². The number of aromatic nitrogens is 1. The van der Waals surface area contributed by atoms with Crippen molar-refractivity contribution in [3.63, 3.8) is 0 Å². The summed E-state index contributed by atoms with van der Waals surface area (Å²) in [5.74, 6) is 0.0564. The summed E-state index contributed by atoms with van der Waals surface area (Å²) in [6.07, 6.45) is -2.60. The number of halogens is 3. The lowest BCUT2D eigenvalue weighted by Gasteiger charge is -2.38. The average molecular weight is 403 g/mol. The van der Waals surface area contributed by atoms with Crippen molar-refractivity contribution in [2.24, 2.45) is 11.8 Å². The van der Waals surface area contributed by atoms with E-state index in [9.17, 15) is 23.1 Å². The van der Waals surface area contributed by atoms with Crippen molar-refractivity contribution >= 4 is 12.4 Å². The highest BCUT2D eigenvalue weighted by Crippen LogP contribution is 2.38. The zero-order chi connectivity index (χ0) is 21.1. The predicted molar refractivity (Wildman–Crippen MR) is 93.5 cm³/mol. The Labute approximate surface area is 160 Å². The molecular weight excluding hydrogens is 379 g/mol. The van der Waals surface area contributed by atoms with E-state index >= 15 is 0 Å². The lowest BCUT2D eigenvalue weighted by Crippen LogP contribution is -2.46. The molecule has 1 amide bonds. The van der Waals surface area contributed by atoms with Gasteiger partial charge in [0.25, 0.3) is 12.4 Å². The summed E-state index contributed by atoms with van der Waals surface area (Å²) in [5, 5.41) is 17.2. The Bertz CT molecular complexity index is 699. The number of pyridine rings is 1. The first-order chi connectivity index (χ1) is 13.1. The van der Waals surface area contributed by atoms with E-state index in [2.05, 4.69) is 4.98 Å². The molecule has 4 atom stereocenters. The number of likely N-dealkylation sites (N-methyl/N-ethyl adjacent to an activating group) is 1. The first-order valence-electron chi connectivity index (χ1n) is 8.83. The number of carbonyl (C=O) groups is 2. The van der Waals surface area contributed by atoms with Crippen LogP contribution in [0.15, 0.2) is 18.3 Å². The molecule has 28 heavy (non-hydrogen) atoms. The minimum atomic E-state index is -4.57. The highest BCUT2D eigenvalue weighted by molar-refractivity contribution is 5.94. The number of aliphatic hydroxyl groups excluding tert-OH is 1. The van der Waals surface area contributed by atoms with Crippen LogP contribution in [0, 0.1) is 11.8 Å². The Kier molecular flexibility index (Phi) is 7.00. The molecule has 7 nitrogen and oxygen atoms in total. The van der Waals surface area contributed by atoms with Crippen LogP contribution in [-0.4, -0.2) is 76.7 Å². The van der Waals surface area contributed by atoms with Crippen molar-refractivity contribution in [3.8, 4) is 0 Å². The highest BCUT2D eigenvalue weighted by atomic mass is 19.4. The van der Waals surface area contributed by atoms with Crippen LogP contribution in [-0.2, 0) is 11.0 Å². The highest BCUT2D eigenvalue weighted by Gasteiger charge is 2.44. The molecule has 10 heteroatoms. The molecule has 1 saturated carbocycles. The average Bonchev–Trinajstić information content (AvgIpc) is 3.03. The van der Waals surface area contributed by atoms with Crippen molar-refractivity contribution in [2.75, 3.05) is 27.2 Å². The summed E-state index contributed by atoms with van der Waals surface area (Å²) >= 11 is 0. The molecule has 1 aliphatic carbocycles. The van der Waals surface area contributed by atoms with E-state index in [1.54, 1.807) is 4.90 Å². The third kappa shape index (κ3) is 4.99. The van der Waals surface area contributed by atoms with Gasteiger partial charge in [-0.15, -0.1) is 0 Å². The number of rotatable bonds is 2. The van der Waals surface area contributed by atoms with Gasteiger partial charge in [0, 0.05) is 30.9 Å². The number of carbonyl (C=O) groups excluding carboxylic acids is 1. The number of hydrogen-bond donors (Lipinski definition) is 2. The normalized spacial score (nSPS) is 27.0. The zero-order valence-electron chi connectivity index (χ0n) is 15.6. The molecule has 0 spiro atoms. The van der Waals surface area contributed by atoms with Gasteiger partial charge in [-0.25, -0.2) is 0 Å². The summed E-state index contributed by atoms with van der Waals surface area (Å²) < 4.78 is 38.4. The maximum Gasteiger partial charge on any atom is 0.433 e. The Morgan fingerprint density at radius 1 is 1.29 bits per heavy atom. The van der Waals surface area contributed by atoms with Crippen LogP contribution in [0.25, 0.3) is 0 Å². The first-order valence-corrected chi connectivity index (χ1v) is 8.83. The maximum atomic E-state index is 12.8. The fourth-order valence-corrected chi connectivity index (χ4v) is 4.03. The summed E-state index contributed by atoms with van der Waals surface area (Å²) in [6, 6.07) is 2.17. The number of carboxylic acid groups (broad SMARTS) is 1. The molecule has 2 N–H and O–H groups in total. The molecule has 0 radical (unpaired) electrons. The second-order valence-corrected chi connectivity index (χ2v) is 7.33. The Balaban J connectivity index is 0.000000878. The molecule has 1 aromatic heterocycles. The Morgan fingerprint density at radius 2 is 1.86 bits per heavy atom. The van der Waals surface area contributed by atoms with Crippen LogP contribution < -0.4 is 0 Å². The molecule has 1 aromatic rings. The third-order valence-corrected chi connectivity index (χ3v) is 5.36. The summed E-state index contributed by atoms with van der Waals surface area (Å²) in [5.41, 5.74) is -1.05. The number of amides is 1. The summed E-state index contributed by atoms with van der Waals surface area (Å²) in [4.78, 5) is 27.9. The molecular formula is C18H24F3N3O4. The monoisotopic (exact) mass is 403 g/mol. The van der Waals surface area contributed by atoms with Gasteiger partial charge in [-0.05, 0) is 50.9 Å². The number of fused-ring (bicyclic) bond motifs is 1. The fourth-order valence-electron chi connectivity index (χ4n) is 4.03.